The van der Waals surface area contributed by atoms with E-state index < -0.39 is 0 Å². The van der Waals surface area contributed by atoms with Gasteiger partial charge < -0.3 is 9.88 Å². The number of hydrogen-bond acceptors (Lipinski definition) is 3. The van der Waals surface area contributed by atoms with Crippen LogP contribution in [0.4, 0.5) is 0 Å². The van der Waals surface area contributed by atoms with Crippen LogP contribution in [-0.2, 0) is 11.2 Å². The molecule has 0 aliphatic carbocycles. The molecule has 0 aromatic carbocycles. The molecular formula is C19H25N5O. The lowest BCUT2D eigenvalue weighted by Gasteiger charge is -2.20. The van der Waals surface area contributed by atoms with Gasteiger partial charge >= 0.3 is 0 Å². The number of aryl methyl sites for hydroxylation is 1. The van der Waals surface area contributed by atoms with Gasteiger partial charge in [0.05, 0.1) is 0 Å². The third kappa shape index (κ3) is 4.26. The molecule has 0 aliphatic rings. The van der Waals surface area contributed by atoms with Gasteiger partial charge in [-0.05, 0) is 43.0 Å². The Balaban J connectivity index is 1.53. The molecule has 6 heteroatoms. The Morgan fingerprint density at radius 2 is 1.88 bits per heavy atom. The summed E-state index contributed by atoms with van der Waals surface area (Å²) >= 11 is 0. The number of hydrogen-bond donors (Lipinski definition) is 1. The van der Waals surface area contributed by atoms with Crippen LogP contribution >= 0.6 is 0 Å². The van der Waals surface area contributed by atoms with Gasteiger partial charge in [0.15, 0.2) is 5.65 Å². The summed E-state index contributed by atoms with van der Waals surface area (Å²) in [4.78, 5) is 12.6. The van der Waals surface area contributed by atoms with E-state index in [1.54, 1.807) is 0 Å². The van der Waals surface area contributed by atoms with E-state index >= 15 is 0 Å². The molecule has 6 nitrogen and oxygen atoms in total. The lowest BCUT2D eigenvalue weighted by Crippen LogP contribution is -2.33. The van der Waals surface area contributed by atoms with E-state index in [1.165, 1.54) is 0 Å². The normalized spacial score (nSPS) is 12.6. The highest BCUT2D eigenvalue weighted by Gasteiger charge is 2.20. The second kappa shape index (κ2) is 7.96. The van der Waals surface area contributed by atoms with Crippen molar-refractivity contribution in [2.24, 2.45) is 5.92 Å². The molecule has 0 bridgehead atoms. The summed E-state index contributed by atoms with van der Waals surface area (Å²) in [5, 5.41) is 11.4. The minimum absolute atomic E-state index is 0.0796. The predicted octanol–water partition coefficient (Wildman–Crippen LogP) is 2.87. The molecule has 0 unspecified atom stereocenters. The summed E-state index contributed by atoms with van der Waals surface area (Å²) in [5.41, 5.74) is 0.853. The molecule has 1 atom stereocenters. The monoisotopic (exact) mass is 339 g/mol. The lowest BCUT2D eigenvalue weighted by molar-refractivity contribution is -0.124. The Labute approximate surface area is 147 Å². The molecular weight excluding hydrogens is 314 g/mol. The van der Waals surface area contributed by atoms with E-state index in [9.17, 15) is 4.79 Å². The zero-order chi connectivity index (χ0) is 17.6. The van der Waals surface area contributed by atoms with Crippen LogP contribution in [0.2, 0.25) is 0 Å². The van der Waals surface area contributed by atoms with E-state index in [2.05, 4.69) is 29.4 Å². The third-order valence-corrected chi connectivity index (χ3v) is 4.25. The molecule has 1 amide bonds. The van der Waals surface area contributed by atoms with Crippen LogP contribution in [0, 0.1) is 5.92 Å². The second-order valence-corrected chi connectivity index (χ2v) is 6.72. The zero-order valence-corrected chi connectivity index (χ0v) is 14.8. The van der Waals surface area contributed by atoms with Crippen molar-refractivity contribution in [2.45, 2.75) is 39.2 Å². The van der Waals surface area contributed by atoms with E-state index in [0.717, 1.165) is 30.7 Å². The quantitative estimate of drug-likeness (QED) is 0.642. The predicted molar refractivity (Wildman–Crippen MR) is 97.2 cm³/mol. The van der Waals surface area contributed by atoms with E-state index in [0.29, 0.717) is 12.5 Å². The molecule has 0 saturated heterocycles. The van der Waals surface area contributed by atoms with Gasteiger partial charge in [0, 0.05) is 31.6 Å². The van der Waals surface area contributed by atoms with Gasteiger partial charge in [0.1, 0.15) is 11.9 Å². The highest BCUT2D eigenvalue weighted by atomic mass is 16.2. The van der Waals surface area contributed by atoms with Crippen molar-refractivity contribution < 1.29 is 4.79 Å². The average molecular weight is 339 g/mol. The van der Waals surface area contributed by atoms with Gasteiger partial charge in [-0.25, -0.2) is 0 Å². The lowest BCUT2D eigenvalue weighted by atomic mass is 10.0. The Hall–Kier alpha value is -2.63. The summed E-state index contributed by atoms with van der Waals surface area (Å²) in [6.07, 6.45) is 8.32. The molecule has 3 rings (SSSR count). The first-order valence-corrected chi connectivity index (χ1v) is 8.84. The Morgan fingerprint density at radius 1 is 1.12 bits per heavy atom. The minimum atomic E-state index is -0.149. The van der Waals surface area contributed by atoms with Crippen LogP contribution in [0.1, 0.15) is 38.6 Å². The Morgan fingerprint density at radius 3 is 2.64 bits per heavy atom. The average Bonchev–Trinajstić information content (AvgIpc) is 3.26. The Bertz CT molecular complexity index is 806. The first-order chi connectivity index (χ1) is 12.1. The molecule has 0 spiro atoms. The highest BCUT2D eigenvalue weighted by molar-refractivity contribution is 5.80. The summed E-state index contributed by atoms with van der Waals surface area (Å²) in [6, 6.07) is 9.61. The molecule has 25 heavy (non-hydrogen) atoms. The molecule has 0 fully saturated rings. The molecule has 0 radical (unpaired) electrons. The van der Waals surface area contributed by atoms with E-state index in [-0.39, 0.29) is 11.9 Å². The second-order valence-electron chi connectivity index (χ2n) is 6.72. The standard InChI is InChI=1S/C19H25N5O/c1-15(2)14-16(23-11-5-6-12-23)19(25)20-10-7-9-18-22-21-17-8-3-4-13-24(17)18/h3-6,8,11-13,15-16H,7,9-10,14H2,1-2H3,(H,20,25)/t16-/m0/s1. The molecule has 3 aromatic rings. The minimum Gasteiger partial charge on any atom is -0.354 e. The summed E-state index contributed by atoms with van der Waals surface area (Å²) < 4.78 is 3.98. The first kappa shape index (κ1) is 17.2. The number of carbonyl (C=O) groups excluding carboxylic acids is 1. The number of aromatic nitrogens is 4. The van der Waals surface area contributed by atoms with Crippen LogP contribution in [-0.4, -0.2) is 31.6 Å². The molecule has 0 aliphatic heterocycles. The summed E-state index contributed by atoms with van der Waals surface area (Å²) in [7, 11) is 0. The van der Waals surface area contributed by atoms with Gasteiger partial charge in [-0.1, -0.05) is 19.9 Å². The number of rotatable bonds is 8. The number of pyridine rings is 1. The van der Waals surface area contributed by atoms with Crippen molar-refractivity contribution in [1.29, 1.82) is 0 Å². The van der Waals surface area contributed by atoms with E-state index in [1.807, 2.05) is 57.9 Å². The van der Waals surface area contributed by atoms with Crippen LogP contribution in [0.15, 0.2) is 48.9 Å². The fraction of sp³-hybridized carbons (Fsp3) is 0.421. The molecule has 3 aromatic heterocycles. The molecule has 0 saturated carbocycles. The maximum atomic E-state index is 12.6. The largest absolute Gasteiger partial charge is 0.354 e. The maximum Gasteiger partial charge on any atom is 0.243 e. The number of fused-ring (bicyclic) bond motifs is 1. The van der Waals surface area contributed by atoms with Crippen LogP contribution in [0.5, 0.6) is 0 Å². The number of nitrogens with zero attached hydrogens (tertiary/aromatic N) is 4. The highest BCUT2D eigenvalue weighted by Crippen LogP contribution is 2.18. The van der Waals surface area contributed by atoms with Crippen LogP contribution in [0.3, 0.4) is 0 Å². The number of nitrogens with one attached hydrogen (secondary N) is 1. The van der Waals surface area contributed by atoms with Gasteiger partial charge in [-0.3, -0.25) is 9.20 Å². The van der Waals surface area contributed by atoms with Crippen LogP contribution in [0.25, 0.3) is 5.65 Å². The summed E-state index contributed by atoms with van der Waals surface area (Å²) in [5.74, 6) is 1.46. The topological polar surface area (TPSA) is 64.2 Å². The third-order valence-electron chi connectivity index (χ3n) is 4.25. The van der Waals surface area contributed by atoms with Crippen molar-refractivity contribution in [3.63, 3.8) is 0 Å². The van der Waals surface area contributed by atoms with Crippen molar-refractivity contribution >= 4 is 11.6 Å². The molecule has 1 N–H and O–H groups in total. The van der Waals surface area contributed by atoms with E-state index in [4.69, 9.17) is 0 Å². The maximum absolute atomic E-state index is 12.6. The Kier molecular flexibility index (Phi) is 5.48. The van der Waals surface area contributed by atoms with Gasteiger partial charge in [-0.15, -0.1) is 10.2 Å². The van der Waals surface area contributed by atoms with Crippen molar-refractivity contribution in [2.75, 3.05) is 6.54 Å². The van der Waals surface area contributed by atoms with Gasteiger partial charge in [0.2, 0.25) is 5.91 Å². The number of carbonyl (C=O) groups is 1. The van der Waals surface area contributed by atoms with Crippen molar-refractivity contribution in [3.05, 3.63) is 54.7 Å². The SMILES string of the molecule is CC(C)C[C@@H](C(=O)NCCCc1nnc2ccccn12)n1cccc1. The number of amides is 1. The molecule has 3 heterocycles. The van der Waals surface area contributed by atoms with Gasteiger partial charge in [-0.2, -0.15) is 0 Å². The van der Waals surface area contributed by atoms with Crippen molar-refractivity contribution in [3.8, 4) is 0 Å². The van der Waals surface area contributed by atoms with Crippen molar-refractivity contribution in [1.82, 2.24) is 24.5 Å². The fourth-order valence-electron chi connectivity index (χ4n) is 3.00. The summed E-state index contributed by atoms with van der Waals surface area (Å²) in [6.45, 7) is 4.91. The fourth-order valence-corrected chi connectivity index (χ4v) is 3.00. The smallest absolute Gasteiger partial charge is 0.243 e. The molecule has 132 valence electrons. The first-order valence-electron chi connectivity index (χ1n) is 8.84. The zero-order valence-electron chi connectivity index (χ0n) is 14.8. The van der Waals surface area contributed by atoms with Crippen LogP contribution < -0.4 is 5.32 Å². The van der Waals surface area contributed by atoms with Gasteiger partial charge in [0.25, 0.3) is 0 Å².